The number of likely N-dealkylation sites (tertiary alicyclic amines) is 1. The molecule has 0 unspecified atom stereocenters. The number of amides is 2. The number of halogens is 1. The molecule has 1 aliphatic heterocycles. The van der Waals surface area contributed by atoms with Crippen LogP contribution in [0.1, 0.15) is 39.5 Å². The Morgan fingerprint density at radius 3 is 2.77 bits per heavy atom. The van der Waals surface area contributed by atoms with Crippen molar-refractivity contribution in [1.29, 1.82) is 0 Å². The fourth-order valence-electron chi connectivity index (χ4n) is 2.88. The molecule has 3 N–H and O–H groups in total. The van der Waals surface area contributed by atoms with Crippen LogP contribution in [0.15, 0.2) is 29.6 Å². The van der Waals surface area contributed by atoms with Crippen molar-refractivity contribution in [3.63, 3.8) is 0 Å². The number of nitrogens with two attached hydrogens (primary N) is 1. The molecule has 0 radical (unpaired) electrons. The van der Waals surface area contributed by atoms with Crippen molar-refractivity contribution in [2.45, 2.75) is 32.4 Å². The molecular formula is C18H23ClN4O2S. The molecule has 0 spiro atoms. The highest BCUT2D eigenvalue weighted by Crippen LogP contribution is 2.17. The van der Waals surface area contributed by atoms with Crippen LogP contribution in [-0.2, 0) is 24.3 Å². The van der Waals surface area contributed by atoms with Crippen LogP contribution in [0, 0.1) is 0 Å². The summed E-state index contributed by atoms with van der Waals surface area (Å²) in [6.07, 6.45) is 2.24. The number of nitrogens with zero attached hydrogens (tertiary/aromatic N) is 2. The molecule has 6 nitrogen and oxygen atoms in total. The summed E-state index contributed by atoms with van der Waals surface area (Å²) >= 11 is 1.45. The van der Waals surface area contributed by atoms with Gasteiger partial charge in [0.1, 0.15) is 5.69 Å². The van der Waals surface area contributed by atoms with Gasteiger partial charge in [-0.3, -0.25) is 9.59 Å². The first-order valence-corrected chi connectivity index (χ1v) is 9.32. The number of thiazole rings is 1. The van der Waals surface area contributed by atoms with E-state index in [0.29, 0.717) is 38.2 Å². The summed E-state index contributed by atoms with van der Waals surface area (Å²) in [5, 5.41) is 5.55. The van der Waals surface area contributed by atoms with Crippen molar-refractivity contribution >= 4 is 35.6 Å². The zero-order valence-corrected chi connectivity index (χ0v) is 16.1. The van der Waals surface area contributed by atoms with Crippen LogP contribution in [0.25, 0.3) is 0 Å². The summed E-state index contributed by atoms with van der Waals surface area (Å²) in [6, 6.07) is 7.89. The Labute approximate surface area is 163 Å². The zero-order chi connectivity index (χ0) is 17.6. The number of rotatable bonds is 7. The van der Waals surface area contributed by atoms with Gasteiger partial charge < -0.3 is 16.0 Å². The maximum absolute atomic E-state index is 12.3. The average Bonchev–Trinajstić information content (AvgIpc) is 3.24. The Bertz CT molecular complexity index is 765. The number of benzene rings is 1. The van der Waals surface area contributed by atoms with Crippen LogP contribution in [0.2, 0.25) is 0 Å². The quantitative estimate of drug-likeness (QED) is 0.752. The molecule has 1 fully saturated rings. The van der Waals surface area contributed by atoms with E-state index in [4.69, 9.17) is 5.73 Å². The molecule has 3 rings (SSSR count). The van der Waals surface area contributed by atoms with Crippen molar-refractivity contribution in [3.8, 4) is 0 Å². The van der Waals surface area contributed by atoms with Gasteiger partial charge in [0, 0.05) is 37.9 Å². The van der Waals surface area contributed by atoms with E-state index in [1.165, 1.54) is 11.3 Å². The third-order valence-corrected chi connectivity index (χ3v) is 5.14. The van der Waals surface area contributed by atoms with Crippen LogP contribution < -0.4 is 11.1 Å². The minimum absolute atomic E-state index is 0. The topological polar surface area (TPSA) is 88.3 Å². The lowest BCUT2D eigenvalue weighted by atomic mass is 10.1. The maximum atomic E-state index is 12.3. The van der Waals surface area contributed by atoms with E-state index in [2.05, 4.69) is 10.3 Å². The van der Waals surface area contributed by atoms with Gasteiger partial charge >= 0.3 is 0 Å². The fourth-order valence-corrected chi connectivity index (χ4v) is 3.67. The Kier molecular flexibility index (Phi) is 7.56. The molecule has 26 heavy (non-hydrogen) atoms. The number of aromatic nitrogens is 1. The van der Waals surface area contributed by atoms with Gasteiger partial charge in [-0.05, 0) is 24.1 Å². The first kappa shape index (κ1) is 20.4. The highest BCUT2D eigenvalue weighted by molar-refractivity contribution is 7.09. The van der Waals surface area contributed by atoms with Crippen LogP contribution >= 0.6 is 23.7 Å². The lowest BCUT2D eigenvalue weighted by Gasteiger charge is -2.18. The lowest BCUT2D eigenvalue weighted by molar-refractivity contribution is -0.128. The molecule has 2 aromatic rings. The maximum Gasteiger partial charge on any atom is 0.271 e. The van der Waals surface area contributed by atoms with E-state index < -0.39 is 0 Å². The Morgan fingerprint density at radius 2 is 2.08 bits per heavy atom. The van der Waals surface area contributed by atoms with E-state index in [9.17, 15) is 9.59 Å². The number of hydrogen-bond donors (Lipinski definition) is 2. The largest absolute Gasteiger partial charge is 0.347 e. The molecule has 0 bridgehead atoms. The summed E-state index contributed by atoms with van der Waals surface area (Å²) in [5.74, 6) is 0.0142. The van der Waals surface area contributed by atoms with Gasteiger partial charge in [-0.25, -0.2) is 4.98 Å². The van der Waals surface area contributed by atoms with Crippen molar-refractivity contribution in [1.82, 2.24) is 15.2 Å². The summed E-state index contributed by atoms with van der Waals surface area (Å²) in [5.41, 5.74) is 8.03. The Balaban J connectivity index is 0.00000243. The van der Waals surface area contributed by atoms with E-state index in [0.717, 1.165) is 29.1 Å². The molecule has 1 aromatic heterocycles. The van der Waals surface area contributed by atoms with Gasteiger partial charge in [-0.1, -0.05) is 24.3 Å². The minimum atomic E-state index is -0.188. The van der Waals surface area contributed by atoms with Crippen LogP contribution in [0.5, 0.6) is 0 Å². The molecular weight excluding hydrogens is 372 g/mol. The highest BCUT2D eigenvalue weighted by Gasteiger charge is 2.21. The third kappa shape index (κ3) is 5.03. The van der Waals surface area contributed by atoms with Crippen LogP contribution in [0.4, 0.5) is 0 Å². The standard InChI is InChI=1S/C18H22N4O2S.ClH/c19-8-7-16-21-15(12-25-16)18(24)20-10-13-4-1-2-5-14(13)11-22-9-3-6-17(22)23;/h1-2,4-5,12H,3,6-11,19H2,(H,20,24);1H. The van der Waals surface area contributed by atoms with Crippen LogP contribution in [0.3, 0.4) is 0 Å². The smallest absolute Gasteiger partial charge is 0.271 e. The summed E-state index contributed by atoms with van der Waals surface area (Å²) in [7, 11) is 0. The van der Waals surface area contributed by atoms with Crippen LogP contribution in [-0.4, -0.2) is 34.8 Å². The molecule has 0 aliphatic carbocycles. The fraction of sp³-hybridized carbons (Fsp3) is 0.389. The van der Waals surface area contributed by atoms with Gasteiger partial charge in [0.2, 0.25) is 5.91 Å². The third-order valence-electron chi connectivity index (χ3n) is 4.23. The van der Waals surface area contributed by atoms with Gasteiger partial charge in [-0.15, -0.1) is 23.7 Å². The second kappa shape index (κ2) is 9.66. The van der Waals surface area contributed by atoms with E-state index in [1.54, 1.807) is 5.38 Å². The second-order valence-electron chi connectivity index (χ2n) is 6.04. The lowest BCUT2D eigenvalue weighted by Crippen LogP contribution is -2.27. The molecule has 2 amide bonds. The molecule has 1 aromatic carbocycles. The first-order valence-electron chi connectivity index (χ1n) is 8.44. The van der Waals surface area contributed by atoms with E-state index in [1.807, 2.05) is 29.2 Å². The van der Waals surface area contributed by atoms with Crippen molar-refractivity contribution < 1.29 is 9.59 Å². The summed E-state index contributed by atoms with van der Waals surface area (Å²) in [4.78, 5) is 30.3. The molecule has 1 aliphatic rings. The van der Waals surface area contributed by atoms with Crippen molar-refractivity contribution in [2.75, 3.05) is 13.1 Å². The summed E-state index contributed by atoms with van der Waals surface area (Å²) in [6.45, 7) is 2.35. The molecule has 0 atom stereocenters. The number of hydrogen-bond acceptors (Lipinski definition) is 5. The Morgan fingerprint density at radius 1 is 1.31 bits per heavy atom. The second-order valence-corrected chi connectivity index (χ2v) is 6.98. The van der Waals surface area contributed by atoms with Gasteiger partial charge in [0.15, 0.2) is 0 Å². The SMILES string of the molecule is Cl.NCCc1nc(C(=O)NCc2ccccc2CN2CCCC2=O)cs1. The number of carbonyl (C=O) groups is 2. The van der Waals surface area contributed by atoms with Gasteiger partial charge in [-0.2, -0.15) is 0 Å². The van der Waals surface area contributed by atoms with Crippen molar-refractivity contribution in [3.05, 3.63) is 51.5 Å². The predicted molar refractivity (Wildman–Crippen MR) is 104 cm³/mol. The Hall–Kier alpha value is -1.96. The van der Waals surface area contributed by atoms with Gasteiger partial charge in [0.05, 0.1) is 5.01 Å². The van der Waals surface area contributed by atoms with E-state index in [-0.39, 0.29) is 24.2 Å². The monoisotopic (exact) mass is 394 g/mol. The van der Waals surface area contributed by atoms with Crippen molar-refractivity contribution in [2.24, 2.45) is 5.73 Å². The normalized spacial score (nSPS) is 13.6. The average molecular weight is 395 g/mol. The molecule has 2 heterocycles. The first-order chi connectivity index (χ1) is 12.2. The predicted octanol–water partition coefficient (Wildman–Crippen LogP) is 2.12. The summed E-state index contributed by atoms with van der Waals surface area (Å²) < 4.78 is 0. The van der Waals surface area contributed by atoms with Gasteiger partial charge in [0.25, 0.3) is 5.91 Å². The molecule has 140 valence electrons. The molecule has 8 heteroatoms. The number of nitrogens with one attached hydrogen (secondary N) is 1. The number of carbonyl (C=O) groups excluding carboxylic acids is 2. The molecule has 1 saturated heterocycles. The highest BCUT2D eigenvalue weighted by atomic mass is 35.5. The van der Waals surface area contributed by atoms with E-state index >= 15 is 0 Å². The zero-order valence-electron chi connectivity index (χ0n) is 14.4. The molecule has 0 saturated carbocycles. The minimum Gasteiger partial charge on any atom is -0.347 e.